The van der Waals surface area contributed by atoms with Gasteiger partial charge >= 0.3 is 0 Å². The van der Waals surface area contributed by atoms with E-state index in [9.17, 15) is 4.79 Å². The van der Waals surface area contributed by atoms with Crippen LogP contribution in [0.1, 0.15) is 36.0 Å². The number of likely N-dealkylation sites (tertiary alicyclic amines) is 2. The molecule has 0 saturated carbocycles. The Kier molecular flexibility index (Phi) is 4.44. The van der Waals surface area contributed by atoms with Crippen molar-refractivity contribution in [1.29, 1.82) is 0 Å². The molecule has 114 valence electrons. The van der Waals surface area contributed by atoms with Crippen molar-refractivity contribution in [3.05, 3.63) is 29.8 Å². The number of nitrogen functional groups attached to an aromatic ring is 1. The summed E-state index contributed by atoms with van der Waals surface area (Å²) in [6, 6.07) is 7.31. The second-order valence-corrected chi connectivity index (χ2v) is 6.39. The van der Waals surface area contributed by atoms with Crippen molar-refractivity contribution in [2.45, 2.75) is 25.7 Å². The van der Waals surface area contributed by atoms with Crippen LogP contribution in [0.15, 0.2) is 24.3 Å². The van der Waals surface area contributed by atoms with Crippen molar-refractivity contribution < 1.29 is 4.79 Å². The van der Waals surface area contributed by atoms with E-state index in [0.29, 0.717) is 17.2 Å². The zero-order valence-corrected chi connectivity index (χ0v) is 12.6. The molecule has 1 aromatic rings. The molecule has 21 heavy (non-hydrogen) atoms. The summed E-state index contributed by atoms with van der Waals surface area (Å²) in [7, 11) is 0. The van der Waals surface area contributed by atoms with Gasteiger partial charge in [0.1, 0.15) is 0 Å². The smallest absolute Gasteiger partial charge is 0.253 e. The number of anilines is 1. The van der Waals surface area contributed by atoms with Gasteiger partial charge in [-0.25, -0.2) is 0 Å². The average Bonchev–Trinajstić information content (AvgIpc) is 2.96. The van der Waals surface area contributed by atoms with Gasteiger partial charge in [-0.15, -0.1) is 0 Å². The Bertz CT molecular complexity index is 497. The molecular weight excluding hydrogens is 262 g/mol. The lowest BCUT2D eigenvalue weighted by Gasteiger charge is -2.29. The average molecular weight is 287 g/mol. The Morgan fingerprint density at radius 1 is 1.19 bits per heavy atom. The van der Waals surface area contributed by atoms with E-state index >= 15 is 0 Å². The number of amides is 1. The molecule has 1 amide bonds. The third kappa shape index (κ3) is 3.56. The summed E-state index contributed by atoms with van der Waals surface area (Å²) in [5.74, 6) is 0.761. The molecule has 2 heterocycles. The van der Waals surface area contributed by atoms with Crippen LogP contribution in [0, 0.1) is 5.92 Å². The highest BCUT2D eigenvalue weighted by Gasteiger charge is 2.28. The van der Waals surface area contributed by atoms with Gasteiger partial charge in [-0.3, -0.25) is 4.79 Å². The molecule has 0 bridgehead atoms. The molecule has 0 spiro atoms. The summed E-state index contributed by atoms with van der Waals surface area (Å²) in [6.07, 6.45) is 5.17. The molecule has 1 atom stereocenters. The van der Waals surface area contributed by atoms with Crippen LogP contribution in [-0.4, -0.2) is 48.4 Å². The standard InChI is InChI=1S/C17H25N3O/c18-16-6-4-5-15(11-16)17(21)20-10-7-14(13-20)12-19-8-2-1-3-9-19/h4-6,11,14H,1-3,7-10,12-13,18H2. The summed E-state index contributed by atoms with van der Waals surface area (Å²) in [5.41, 5.74) is 7.14. The van der Waals surface area contributed by atoms with Gasteiger partial charge in [-0.05, 0) is 56.5 Å². The molecule has 1 unspecified atom stereocenters. The second-order valence-electron chi connectivity index (χ2n) is 6.39. The predicted molar refractivity (Wildman–Crippen MR) is 85.2 cm³/mol. The number of carbonyl (C=O) groups excluding carboxylic acids is 1. The first-order chi connectivity index (χ1) is 10.2. The van der Waals surface area contributed by atoms with Crippen molar-refractivity contribution in [3.8, 4) is 0 Å². The van der Waals surface area contributed by atoms with E-state index in [2.05, 4.69) is 4.90 Å². The predicted octanol–water partition coefficient (Wildman–Crippen LogP) is 2.22. The van der Waals surface area contributed by atoms with Gasteiger partial charge in [0.25, 0.3) is 5.91 Å². The number of nitrogens with zero attached hydrogens (tertiary/aromatic N) is 2. The first-order valence-electron chi connectivity index (χ1n) is 8.09. The molecule has 2 saturated heterocycles. The normalized spacial score (nSPS) is 23.4. The summed E-state index contributed by atoms with van der Waals surface area (Å²) in [5, 5.41) is 0. The van der Waals surface area contributed by atoms with Crippen molar-refractivity contribution >= 4 is 11.6 Å². The molecule has 4 heteroatoms. The van der Waals surface area contributed by atoms with Gasteiger partial charge in [-0.1, -0.05) is 12.5 Å². The molecule has 1 aromatic carbocycles. The monoisotopic (exact) mass is 287 g/mol. The molecule has 0 radical (unpaired) electrons. The third-order valence-corrected chi connectivity index (χ3v) is 4.67. The maximum atomic E-state index is 12.5. The van der Waals surface area contributed by atoms with Crippen molar-refractivity contribution in [2.24, 2.45) is 5.92 Å². The van der Waals surface area contributed by atoms with Gasteiger partial charge < -0.3 is 15.5 Å². The highest BCUT2D eigenvalue weighted by atomic mass is 16.2. The third-order valence-electron chi connectivity index (χ3n) is 4.67. The van der Waals surface area contributed by atoms with E-state index in [0.717, 1.165) is 26.1 Å². The minimum absolute atomic E-state index is 0.128. The van der Waals surface area contributed by atoms with Crippen LogP contribution in [0.5, 0.6) is 0 Å². The van der Waals surface area contributed by atoms with Gasteiger partial charge in [0.15, 0.2) is 0 Å². The Labute approximate surface area is 126 Å². The Balaban J connectivity index is 1.55. The molecule has 4 nitrogen and oxygen atoms in total. The zero-order chi connectivity index (χ0) is 14.7. The number of hydrogen-bond donors (Lipinski definition) is 1. The second kappa shape index (κ2) is 6.48. The van der Waals surface area contributed by atoms with Gasteiger partial charge in [0.2, 0.25) is 0 Å². The van der Waals surface area contributed by atoms with Crippen LogP contribution in [0.3, 0.4) is 0 Å². The van der Waals surface area contributed by atoms with E-state index in [4.69, 9.17) is 5.73 Å². The van der Waals surface area contributed by atoms with Crippen LogP contribution >= 0.6 is 0 Å². The van der Waals surface area contributed by atoms with Crippen LogP contribution in [-0.2, 0) is 0 Å². The number of piperidine rings is 1. The molecule has 0 aliphatic carbocycles. The first-order valence-corrected chi connectivity index (χ1v) is 8.09. The van der Waals surface area contributed by atoms with Gasteiger partial charge in [-0.2, -0.15) is 0 Å². The van der Waals surface area contributed by atoms with E-state index in [1.165, 1.54) is 32.4 Å². The largest absolute Gasteiger partial charge is 0.399 e. The van der Waals surface area contributed by atoms with Crippen LogP contribution in [0.25, 0.3) is 0 Å². The van der Waals surface area contributed by atoms with Crippen LogP contribution in [0.4, 0.5) is 5.69 Å². The number of carbonyl (C=O) groups is 1. The fraction of sp³-hybridized carbons (Fsp3) is 0.588. The van der Waals surface area contributed by atoms with Crippen molar-refractivity contribution in [1.82, 2.24) is 9.80 Å². The fourth-order valence-electron chi connectivity index (χ4n) is 3.53. The van der Waals surface area contributed by atoms with Gasteiger partial charge in [0, 0.05) is 30.9 Å². The first kappa shape index (κ1) is 14.4. The fourth-order valence-corrected chi connectivity index (χ4v) is 3.53. The number of nitrogens with two attached hydrogens (primary N) is 1. The SMILES string of the molecule is Nc1cccc(C(=O)N2CCC(CN3CCCCC3)C2)c1. The number of rotatable bonds is 3. The molecule has 0 aromatic heterocycles. The highest BCUT2D eigenvalue weighted by Crippen LogP contribution is 2.22. The lowest BCUT2D eigenvalue weighted by atomic mass is 10.1. The molecule has 2 N–H and O–H groups in total. The molecule has 2 aliphatic rings. The van der Waals surface area contributed by atoms with Crippen LogP contribution < -0.4 is 5.73 Å². The quantitative estimate of drug-likeness (QED) is 0.867. The van der Waals surface area contributed by atoms with E-state index in [-0.39, 0.29) is 5.91 Å². The lowest BCUT2D eigenvalue weighted by molar-refractivity contribution is 0.0782. The van der Waals surface area contributed by atoms with E-state index < -0.39 is 0 Å². The van der Waals surface area contributed by atoms with Crippen molar-refractivity contribution in [2.75, 3.05) is 38.5 Å². The van der Waals surface area contributed by atoms with Crippen LogP contribution in [0.2, 0.25) is 0 Å². The van der Waals surface area contributed by atoms with Gasteiger partial charge in [0.05, 0.1) is 0 Å². The summed E-state index contributed by atoms with van der Waals surface area (Å²) in [6.45, 7) is 5.40. The number of hydrogen-bond acceptors (Lipinski definition) is 3. The maximum absolute atomic E-state index is 12.5. The highest BCUT2D eigenvalue weighted by molar-refractivity contribution is 5.95. The zero-order valence-electron chi connectivity index (χ0n) is 12.6. The molecule has 3 rings (SSSR count). The van der Waals surface area contributed by atoms with E-state index in [1.807, 2.05) is 23.1 Å². The Hall–Kier alpha value is -1.55. The summed E-state index contributed by atoms with van der Waals surface area (Å²) < 4.78 is 0. The molecule has 2 fully saturated rings. The molecule has 2 aliphatic heterocycles. The topological polar surface area (TPSA) is 49.6 Å². The maximum Gasteiger partial charge on any atom is 0.253 e. The minimum Gasteiger partial charge on any atom is -0.399 e. The lowest BCUT2D eigenvalue weighted by Crippen LogP contribution is -2.36. The number of benzene rings is 1. The minimum atomic E-state index is 0.128. The van der Waals surface area contributed by atoms with E-state index in [1.54, 1.807) is 6.07 Å². The summed E-state index contributed by atoms with van der Waals surface area (Å²) >= 11 is 0. The molecular formula is C17H25N3O. The Morgan fingerprint density at radius 2 is 2.00 bits per heavy atom. The Morgan fingerprint density at radius 3 is 2.76 bits per heavy atom. The van der Waals surface area contributed by atoms with Crippen molar-refractivity contribution in [3.63, 3.8) is 0 Å². The summed E-state index contributed by atoms with van der Waals surface area (Å²) in [4.78, 5) is 17.1.